The van der Waals surface area contributed by atoms with Crippen LogP contribution in [0.1, 0.15) is 26.7 Å². The number of aromatic nitrogens is 2. The Morgan fingerprint density at radius 3 is 2.85 bits per heavy atom. The van der Waals surface area contributed by atoms with Crippen LogP contribution in [0.5, 0.6) is 0 Å². The molecule has 0 saturated heterocycles. The average molecular weight is 183 g/mol. The van der Waals surface area contributed by atoms with Gasteiger partial charge < -0.3 is 5.11 Å². The van der Waals surface area contributed by atoms with Gasteiger partial charge in [-0.25, -0.2) is 9.13 Å². The zero-order chi connectivity index (χ0) is 9.68. The molecule has 0 aliphatic heterocycles. The zero-order valence-electron chi connectivity index (χ0n) is 8.48. The van der Waals surface area contributed by atoms with Crippen molar-refractivity contribution in [2.24, 2.45) is 0 Å². The minimum Gasteiger partial charge on any atom is -0.389 e. The lowest BCUT2D eigenvalue weighted by Crippen LogP contribution is -2.37. The third-order valence-corrected chi connectivity index (χ3v) is 2.12. The van der Waals surface area contributed by atoms with E-state index in [-0.39, 0.29) is 6.10 Å². The molecule has 0 aliphatic rings. The molecule has 0 spiro atoms. The van der Waals surface area contributed by atoms with Crippen molar-refractivity contribution in [3.63, 3.8) is 0 Å². The topological polar surface area (TPSA) is 29.0 Å². The maximum Gasteiger partial charge on any atom is 0.243 e. The SMILES string of the molecule is CCCn1cc[n+](C[C@@H](O)CC)c1. The summed E-state index contributed by atoms with van der Waals surface area (Å²) in [7, 11) is 0. The van der Waals surface area contributed by atoms with Crippen molar-refractivity contribution in [3.05, 3.63) is 18.7 Å². The van der Waals surface area contributed by atoms with Crippen molar-refractivity contribution in [1.29, 1.82) is 0 Å². The molecular weight excluding hydrogens is 164 g/mol. The van der Waals surface area contributed by atoms with E-state index in [2.05, 4.69) is 11.5 Å². The molecule has 1 atom stereocenters. The van der Waals surface area contributed by atoms with Crippen molar-refractivity contribution >= 4 is 0 Å². The standard InChI is InChI=1S/C10H19N2O/c1-3-5-11-6-7-12(9-11)8-10(13)4-2/h6-7,9-10,13H,3-5,8H2,1-2H3/q+1/t10-/m0/s1. The fourth-order valence-corrected chi connectivity index (χ4v) is 1.31. The third kappa shape index (κ3) is 3.19. The molecule has 0 amide bonds. The van der Waals surface area contributed by atoms with E-state index in [0.29, 0.717) is 6.54 Å². The van der Waals surface area contributed by atoms with E-state index in [4.69, 9.17) is 0 Å². The van der Waals surface area contributed by atoms with Crippen LogP contribution in [-0.2, 0) is 13.1 Å². The van der Waals surface area contributed by atoms with Crippen LogP contribution in [0.25, 0.3) is 0 Å². The van der Waals surface area contributed by atoms with Crippen LogP contribution in [0.15, 0.2) is 18.7 Å². The Bertz CT molecular complexity index is 245. The molecule has 0 saturated carbocycles. The number of aliphatic hydroxyl groups excluding tert-OH is 1. The van der Waals surface area contributed by atoms with Crippen molar-refractivity contribution in [2.75, 3.05) is 0 Å². The Labute approximate surface area is 79.6 Å². The number of aliphatic hydroxyl groups is 1. The first kappa shape index (κ1) is 10.3. The molecule has 3 heteroatoms. The number of nitrogens with zero attached hydrogens (tertiary/aromatic N) is 2. The second kappa shape index (κ2) is 5.02. The Hall–Kier alpha value is -0.830. The van der Waals surface area contributed by atoms with Gasteiger partial charge in [-0.3, -0.25) is 0 Å². The summed E-state index contributed by atoms with van der Waals surface area (Å²) in [6, 6.07) is 0. The van der Waals surface area contributed by atoms with Gasteiger partial charge in [-0.15, -0.1) is 0 Å². The Morgan fingerprint density at radius 1 is 1.46 bits per heavy atom. The van der Waals surface area contributed by atoms with Gasteiger partial charge in [-0.05, 0) is 12.8 Å². The fraction of sp³-hybridized carbons (Fsp3) is 0.700. The summed E-state index contributed by atoms with van der Waals surface area (Å²) in [6.45, 7) is 5.90. The molecule has 1 rings (SSSR count). The van der Waals surface area contributed by atoms with E-state index in [1.54, 1.807) is 0 Å². The van der Waals surface area contributed by atoms with E-state index >= 15 is 0 Å². The second-order valence-electron chi connectivity index (χ2n) is 3.41. The van der Waals surface area contributed by atoms with Crippen molar-refractivity contribution in [2.45, 2.75) is 45.9 Å². The van der Waals surface area contributed by atoms with E-state index < -0.39 is 0 Å². The number of hydrogen-bond donors (Lipinski definition) is 1. The summed E-state index contributed by atoms with van der Waals surface area (Å²) in [5.41, 5.74) is 0. The van der Waals surface area contributed by atoms with Gasteiger partial charge in [0.1, 0.15) is 18.9 Å². The number of hydrogen-bond acceptors (Lipinski definition) is 1. The summed E-state index contributed by atoms with van der Waals surface area (Å²) in [6.07, 6.45) is 7.84. The summed E-state index contributed by atoms with van der Waals surface area (Å²) in [5.74, 6) is 0. The Kier molecular flexibility index (Phi) is 3.96. The normalized spacial score (nSPS) is 13.2. The van der Waals surface area contributed by atoms with Crippen LogP contribution in [0.2, 0.25) is 0 Å². The molecule has 3 nitrogen and oxygen atoms in total. The summed E-state index contributed by atoms with van der Waals surface area (Å²) < 4.78 is 4.17. The molecule has 13 heavy (non-hydrogen) atoms. The monoisotopic (exact) mass is 183 g/mol. The predicted octanol–water partition coefficient (Wildman–Crippen LogP) is 0.956. The predicted molar refractivity (Wildman–Crippen MR) is 51.2 cm³/mol. The zero-order valence-corrected chi connectivity index (χ0v) is 8.48. The van der Waals surface area contributed by atoms with Crippen molar-refractivity contribution in [3.8, 4) is 0 Å². The molecule has 74 valence electrons. The number of imidazole rings is 1. The van der Waals surface area contributed by atoms with Crippen LogP contribution in [0, 0.1) is 0 Å². The van der Waals surface area contributed by atoms with Crippen LogP contribution >= 0.6 is 0 Å². The van der Waals surface area contributed by atoms with E-state index in [0.717, 1.165) is 19.4 Å². The highest BCUT2D eigenvalue weighted by atomic mass is 16.3. The van der Waals surface area contributed by atoms with Crippen molar-refractivity contribution < 1.29 is 9.67 Å². The summed E-state index contributed by atoms with van der Waals surface area (Å²) >= 11 is 0. The van der Waals surface area contributed by atoms with E-state index in [1.165, 1.54) is 0 Å². The van der Waals surface area contributed by atoms with Gasteiger partial charge in [-0.2, -0.15) is 0 Å². The quantitative estimate of drug-likeness (QED) is 0.677. The van der Waals surface area contributed by atoms with E-state index in [1.807, 2.05) is 30.2 Å². The largest absolute Gasteiger partial charge is 0.389 e. The lowest BCUT2D eigenvalue weighted by atomic mass is 10.3. The van der Waals surface area contributed by atoms with Gasteiger partial charge in [0.2, 0.25) is 6.33 Å². The van der Waals surface area contributed by atoms with Gasteiger partial charge in [0, 0.05) is 0 Å². The lowest BCUT2D eigenvalue weighted by Gasteiger charge is -2.02. The Morgan fingerprint density at radius 2 is 2.23 bits per heavy atom. The molecule has 1 aromatic heterocycles. The van der Waals surface area contributed by atoms with Crippen LogP contribution < -0.4 is 4.57 Å². The van der Waals surface area contributed by atoms with Crippen LogP contribution in [0.4, 0.5) is 0 Å². The summed E-state index contributed by atoms with van der Waals surface area (Å²) in [5, 5.41) is 9.42. The highest BCUT2D eigenvalue weighted by Gasteiger charge is 2.07. The van der Waals surface area contributed by atoms with Gasteiger partial charge in [-0.1, -0.05) is 13.8 Å². The van der Waals surface area contributed by atoms with Gasteiger partial charge in [0.25, 0.3) is 0 Å². The molecule has 0 fully saturated rings. The number of rotatable bonds is 5. The third-order valence-electron chi connectivity index (χ3n) is 2.12. The van der Waals surface area contributed by atoms with Crippen LogP contribution in [-0.4, -0.2) is 15.8 Å². The van der Waals surface area contributed by atoms with Gasteiger partial charge in [0.15, 0.2) is 0 Å². The molecule has 0 aromatic carbocycles. The maximum absolute atomic E-state index is 9.42. The molecular formula is C10H19N2O+. The second-order valence-corrected chi connectivity index (χ2v) is 3.41. The van der Waals surface area contributed by atoms with Gasteiger partial charge in [0.05, 0.1) is 12.6 Å². The fourth-order valence-electron chi connectivity index (χ4n) is 1.31. The molecule has 0 radical (unpaired) electrons. The van der Waals surface area contributed by atoms with Crippen molar-refractivity contribution in [1.82, 2.24) is 4.57 Å². The first-order chi connectivity index (χ1) is 6.26. The molecule has 1 heterocycles. The lowest BCUT2D eigenvalue weighted by molar-refractivity contribution is -0.703. The van der Waals surface area contributed by atoms with Gasteiger partial charge >= 0.3 is 0 Å². The minimum atomic E-state index is -0.220. The smallest absolute Gasteiger partial charge is 0.243 e. The highest BCUT2D eigenvalue weighted by Crippen LogP contribution is 1.91. The van der Waals surface area contributed by atoms with E-state index in [9.17, 15) is 5.11 Å². The molecule has 0 aliphatic carbocycles. The molecule has 1 N–H and O–H groups in total. The first-order valence-corrected chi connectivity index (χ1v) is 4.99. The highest BCUT2D eigenvalue weighted by molar-refractivity contribution is 4.65. The Balaban J connectivity index is 2.48. The van der Waals surface area contributed by atoms with Crippen LogP contribution in [0.3, 0.4) is 0 Å². The maximum atomic E-state index is 9.42. The average Bonchev–Trinajstić information content (AvgIpc) is 2.53. The summed E-state index contributed by atoms with van der Waals surface area (Å²) in [4.78, 5) is 0. The molecule has 0 unspecified atom stereocenters. The first-order valence-electron chi connectivity index (χ1n) is 4.99. The molecule has 1 aromatic rings. The number of aryl methyl sites for hydroxylation is 1. The minimum absolute atomic E-state index is 0.220. The molecule has 0 bridgehead atoms.